The third kappa shape index (κ3) is 3.36. The van der Waals surface area contributed by atoms with E-state index < -0.39 is 0 Å². The lowest BCUT2D eigenvalue weighted by atomic mass is 9.91. The van der Waals surface area contributed by atoms with Crippen LogP contribution in [-0.2, 0) is 4.79 Å². The van der Waals surface area contributed by atoms with E-state index in [9.17, 15) is 4.79 Å². The zero-order valence-corrected chi connectivity index (χ0v) is 14.0. The van der Waals surface area contributed by atoms with Crippen molar-refractivity contribution < 1.29 is 4.79 Å². The molecule has 0 unspecified atom stereocenters. The standard InChI is InChI=1S/C19H25N3O/c1-3-14(4-2)19(23)22-12-9-15(10-13-22)17-8-7-16-6-5-11-20-18(16)21-17/h5-8,11,14-15H,3-4,9-10,12-13H2,1-2H3. The summed E-state index contributed by atoms with van der Waals surface area (Å²) in [5.74, 6) is 0.961. The van der Waals surface area contributed by atoms with E-state index in [1.165, 1.54) is 0 Å². The third-order valence-corrected chi connectivity index (χ3v) is 5.05. The molecule has 1 saturated heterocycles. The highest BCUT2D eigenvalue weighted by atomic mass is 16.2. The van der Waals surface area contributed by atoms with Gasteiger partial charge in [0, 0.05) is 42.2 Å². The molecule has 4 nitrogen and oxygen atoms in total. The molecule has 1 amide bonds. The molecule has 0 aliphatic carbocycles. The number of hydrogen-bond donors (Lipinski definition) is 0. The predicted molar refractivity (Wildman–Crippen MR) is 92.2 cm³/mol. The Balaban J connectivity index is 1.67. The van der Waals surface area contributed by atoms with E-state index in [-0.39, 0.29) is 5.92 Å². The van der Waals surface area contributed by atoms with Gasteiger partial charge in [0.15, 0.2) is 5.65 Å². The number of aromatic nitrogens is 2. The number of piperidine rings is 1. The van der Waals surface area contributed by atoms with E-state index in [0.717, 1.165) is 55.5 Å². The van der Waals surface area contributed by atoms with E-state index in [0.29, 0.717) is 11.8 Å². The van der Waals surface area contributed by atoms with Gasteiger partial charge < -0.3 is 4.90 Å². The van der Waals surface area contributed by atoms with Gasteiger partial charge in [-0.05, 0) is 49.9 Å². The fourth-order valence-corrected chi connectivity index (χ4v) is 3.49. The van der Waals surface area contributed by atoms with Gasteiger partial charge in [0.2, 0.25) is 5.91 Å². The molecule has 0 saturated carbocycles. The van der Waals surface area contributed by atoms with Crippen LogP contribution >= 0.6 is 0 Å². The molecule has 1 aliphatic heterocycles. The molecule has 4 heteroatoms. The quantitative estimate of drug-likeness (QED) is 0.863. The molecule has 0 N–H and O–H groups in total. The lowest BCUT2D eigenvalue weighted by Crippen LogP contribution is -2.41. The summed E-state index contributed by atoms with van der Waals surface area (Å²) in [5.41, 5.74) is 1.94. The van der Waals surface area contributed by atoms with Crippen molar-refractivity contribution in [3.05, 3.63) is 36.2 Å². The van der Waals surface area contributed by atoms with Gasteiger partial charge in [-0.15, -0.1) is 0 Å². The number of carbonyl (C=O) groups excluding carboxylic acids is 1. The Kier molecular flexibility index (Phi) is 4.89. The fourth-order valence-electron chi connectivity index (χ4n) is 3.49. The fraction of sp³-hybridized carbons (Fsp3) is 0.526. The molecular weight excluding hydrogens is 286 g/mol. The maximum atomic E-state index is 12.5. The van der Waals surface area contributed by atoms with E-state index >= 15 is 0 Å². The molecule has 1 fully saturated rings. The Morgan fingerprint density at radius 3 is 2.65 bits per heavy atom. The van der Waals surface area contributed by atoms with Crippen LogP contribution in [0.5, 0.6) is 0 Å². The average Bonchev–Trinajstić information content (AvgIpc) is 2.62. The topological polar surface area (TPSA) is 46.1 Å². The van der Waals surface area contributed by atoms with E-state index in [1.807, 2.05) is 17.0 Å². The molecule has 0 aromatic carbocycles. The van der Waals surface area contributed by atoms with Crippen molar-refractivity contribution in [2.45, 2.75) is 45.4 Å². The molecule has 23 heavy (non-hydrogen) atoms. The molecule has 2 aromatic rings. The summed E-state index contributed by atoms with van der Waals surface area (Å²) in [6.07, 6.45) is 5.66. The monoisotopic (exact) mass is 311 g/mol. The number of likely N-dealkylation sites (tertiary alicyclic amines) is 1. The highest BCUT2D eigenvalue weighted by Crippen LogP contribution is 2.29. The first-order valence-corrected chi connectivity index (χ1v) is 8.73. The molecule has 2 aromatic heterocycles. The average molecular weight is 311 g/mol. The number of carbonyl (C=O) groups is 1. The lowest BCUT2D eigenvalue weighted by Gasteiger charge is -2.33. The predicted octanol–water partition coefficient (Wildman–Crippen LogP) is 3.77. The molecule has 0 radical (unpaired) electrons. The summed E-state index contributed by atoms with van der Waals surface area (Å²) in [5, 5.41) is 1.08. The van der Waals surface area contributed by atoms with Gasteiger partial charge >= 0.3 is 0 Å². The number of nitrogens with zero attached hydrogens (tertiary/aromatic N) is 3. The number of pyridine rings is 2. The van der Waals surface area contributed by atoms with Crippen molar-refractivity contribution in [3.8, 4) is 0 Å². The lowest BCUT2D eigenvalue weighted by molar-refractivity contribution is -0.136. The molecule has 3 heterocycles. The first kappa shape index (κ1) is 15.9. The third-order valence-electron chi connectivity index (χ3n) is 5.05. The smallest absolute Gasteiger partial charge is 0.225 e. The molecule has 3 rings (SSSR count). The van der Waals surface area contributed by atoms with Gasteiger partial charge in [-0.2, -0.15) is 0 Å². The summed E-state index contributed by atoms with van der Waals surface area (Å²) in [6, 6.07) is 8.20. The zero-order valence-electron chi connectivity index (χ0n) is 14.0. The van der Waals surface area contributed by atoms with Crippen molar-refractivity contribution >= 4 is 16.9 Å². The number of hydrogen-bond acceptors (Lipinski definition) is 3. The van der Waals surface area contributed by atoms with Gasteiger partial charge in [0.25, 0.3) is 0 Å². The minimum absolute atomic E-state index is 0.189. The second-order valence-electron chi connectivity index (χ2n) is 6.40. The highest BCUT2D eigenvalue weighted by Gasteiger charge is 2.27. The van der Waals surface area contributed by atoms with Crippen LogP contribution < -0.4 is 0 Å². The van der Waals surface area contributed by atoms with Gasteiger partial charge in [-0.3, -0.25) is 4.79 Å². The summed E-state index contributed by atoms with van der Waals surface area (Å²) in [7, 11) is 0. The van der Waals surface area contributed by atoms with Crippen LogP contribution in [0.15, 0.2) is 30.5 Å². The number of rotatable bonds is 4. The SMILES string of the molecule is CCC(CC)C(=O)N1CCC(c2ccc3cccnc3n2)CC1. The van der Waals surface area contributed by atoms with Gasteiger partial charge in [-0.25, -0.2) is 9.97 Å². The van der Waals surface area contributed by atoms with Crippen LogP contribution in [0.1, 0.15) is 51.1 Å². The van der Waals surface area contributed by atoms with Gasteiger partial charge in [0.05, 0.1) is 0 Å². The number of fused-ring (bicyclic) bond motifs is 1. The molecule has 1 aliphatic rings. The Labute approximate surface area is 137 Å². The first-order chi connectivity index (χ1) is 11.2. The minimum atomic E-state index is 0.189. The van der Waals surface area contributed by atoms with E-state index in [2.05, 4.69) is 31.0 Å². The van der Waals surface area contributed by atoms with Gasteiger partial charge in [-0.1, -0.05) is 13.8 Å². The Hall–Kier alpha value is -1.97. The molecule has 0 bridgehead atoms. The van der Waals surface area contributed by atoms with Crippen LogP contribution in [0.25, 0.3) is 11.0 Å². The van der Waals surface area contributed by atoms with Crippen LogP contribution in [0, 0.1) is 5.92 Å². The molecule has 0 spiro atoms. The second kappa shape index (κ2) is 7.07. The number of amides is 1. The maximum absolute atomic E-state index is 12.5. The van der Waals surface area contributed by atoms with Crippen molar-refractivity contribution in [2.75, 3.05) is 13.1 Å². The molecule has 0 atom stereocenters. The van der Waals surface area contributed by atoms with Crippen LogP contribution in [-0.4, -0.2) is 33.9 Å². The van der Waals surface area contributed by atoms with Crippen LogP contribution in [0.2, 0.25) is 0 Å². The maximum Gasteiger partial charge on any atom is 0.225 e. The summed E-state index contributed by atoms with van der Waals surface area (Å²) >= 11 is 0. The van der Waals surface area contributed by atoms with Crippen LogP contribution in [0.3, 0.4) is 0 Å². The molecule has 122 valence electrons. The Morgan fingerprint density at radius 1 is 1.22 bits per heavy atom. The van der Waals surface area contributed by atoms with Crippen LogP contribution in [0.4, 0.5) is 0 Å². The van der Waals surface area contributed by atoms with E-state index in [4.69, 9.17) is 4.98 Å². The van der Waals surface area contributed by atoms with Crippen molar-refractivity contribution in [2.24, 2.45) is 5.92 Å². The van der Waals surface area contributed by atoms with Crippen molar-refractivity contribution in [1.29, 1.82) is 0 Å². The van der Waals surface area contributed by atoms with Crippen molar-refractivity contribution in [1.82, 2.24) is 14.9 Å². The van der Waals surface area contributed by atoms with Gasteiger partial charge in [0.1, 0.15) is 0 Å². The Bertz CT molecular complexity index is 673. The van der Waals surface area contributed by atoms with E-state index in [1.54, 1.807) is 6.20 Å². The normalized spacial score (nSPS) is 16.2. The van der Waals surface area contributed by atoms with Crippen molar-refractivity contribution in [3.63, 3.8) is 0 Å². The largest absolute Gasteiger partial charge is 0.342 e. The Morgan fingerprint density at radius 2 is 1.96 bits per heavy atom. The second-order valence-corrected chi connectivity index (χ2v) is 6.40. The zero-order chi connectivity index (χ0) is 16.2. The highest BCUT2D eigenvalue weighted by molar-refractivity contribution is 5.79. The summed E-state index contributed by atoms with van der Waals surface area (Å²) in [4.78, 5) is 23.6. The summed E-state index contributed by atoms with van der Waals surface area (Å²) < 4.78 is 0. The minimum Gasteiger partial charge on any atom is -0.342 e. The molecular formula is C19H25N3O. The first-order valence-electron chi connectivity index (χ1n) is 8.73. The summed E-state index contributed by atoms with van der Waals surface area (Å²) in [6.45, 7) is 5.90.